The van der Waals surface area contributed by atoms with Gasteiger partial charge >= 0.3 is 0 Å². The number of benzene rings is 6. The lowest BCUT2D eigenvalue weighted by atomic mass is 9.67. The molecule has 1 fully saturated rings. The molecule has 234 valence electrons. The topological polar surface area (TPSA) is 25.8 Å². The summed E-state index contributed by atoms with van der Waals surface area (Å²) in [5, 5.41) is 2.55. The Kier molecular flexibility index (Phi) is 6.63. The number of thiophene rings is 1. The maximum absolute atomic E-state index is 5.12. The van der Waals surface area contributed by atoms with Crippen molar-refractivity contribution in [2.45, 2.75) is 37.5 Å². The lowest BCUT2D eigenvalue weighted by Crippen LogP contribution is -2.28. The molecule has 2 aliphatic rings. The fourth-order valence-electron chi connectivity index (χ4n) is 8.57. The summed E-state index contributed by atoms with van der Waals surface area (Å²) in [7, 11) is 0. The predicted octanol–water partition coefficient (Wildman–Crippen LogP) is 12.7. The standard InChI is InChI=1S/C46H34N2S/c1-4-13-30(14-5-1)41-29-42(31-15-6-2-7-16-31)48-45(47-41)33-22-24-43-38(27-33)37-19-12-18-34(44(37)49-43)32-21-23-36-35-17-8-9-20-39(35)46(40(36)28-32)25-10-3-11-26-46/h1-2,4-9,12-24,27-29H,3,10-11,25-26H2. The minimum atomic E-state index is 0.149. The Bertz CT molecular complexity index is 2470. The molecule has 0 bridgehead atoms. The van der Waals surface area contributed by atoms with E-state index in [4.69, 9.17) is 9.97 Å². The lowest BCUT2D eigenvalue weighted by molar-refractivity contribution is 0.353. The molecule has 0 N–H and O–H groups in total. The summed E-state index contributed by atoms with van der Waals surface area (Å²) < 4.78 is 2.62. The van der Waals surface area contributed by atoms with Gasteiger partial charge in [-0.25, -0.2) is 9.97 Å². The van der Waals surface area contributed by atoms with Gasteiger partial charge in [0.15, 0.2) is 5.82 Å². The van der Waals surface area contributed by atoms with Crippen molar-refractivity contribution < 1.29 is 0 Å². The number of hydrogen-bond donors (Lipinski definition) is 0. The smallest absolute Gasteiger partial charge is 0.160 e. The van der Waals surface area contributed by atoms with Crippen molar-refractivity contribution in [1.82, 2.24) is 9.97 Å². The molecule has 8 aromatic rings. The van der Waals surface area contributed by atoms with E-state index >= 15 is 0 Å². The zero-order valence-corrected chi connectivity index (χ0v) is 28.0. The second-order valence-corrected chi connectivity index (χ2v) is 14.7. The van der Waals surface area contributed by atoms with Crippen molar-refractivity contribution in [3.63, 3.8) is 0 Å². The monoisotopic (exact) mass is 646 g/mol. The highest BCUT2D eigenvalue weighted by Gasteiger charge is 2.43. The van der Waals surface area contributed by atoms with Crippen LogP contribution in [0.5, 0.6) is 0 Å². The molecular weight excluding hydrogens is 613 g/mol. The summed E-state index contributed by atoms with van der Waals surface area (Å²) in [5.74, 6) is 0.744. The molecule has 0 saturated heterocycles. The first-order valence-corrected chi connectivity index (χ1v) is 18.3. The molecular formula is C46H34N2S. The van der Waals surface area contributed by atoms with E-state index in [2.05, 4.69) is 133 Å². The maximum atomic E-state index is 5.12. The second kappa shape index (κ2) is 11.4. The van der Waals surface area contributed by atoms with E-state index in [1.807, 2.05) is 23.5 Å². The molecule has 2 heterocycles. The molecule has 49 heavy (non-hydrogen) atoms. The number of aromatic nitrogens is 2. The second-order valence-electron chi connectivity index (χ2n) is 13.6. The molecule has 0 aliphatic heterocycles. The van der Waals surface area contributed by atoms with Crippen molar-refractivity contribution in [3.05, 3.63) is 157 Å². The first-order chi connectivity index (χ1) is 24.2. The van der Waals surface area contributed by atoms with Crippen molar-refractivity contribution in [3.8, 4) is 56.2 Å². The molecule has 0 atom stereocenters. The summed E-state index contributed by atoms with van der Waals surface area (Å²) in [6.07, 6.45) is 6.44. The minimum absolute atomic E-state index is 0.149. The predicted molar refractivity (Wildman–Crippen MR) is 206 cm³/mol. The van der Waals surface area contributed by atoms with Crippen LogP contribution in [0.3, 0.4) is 0 Å². The van der Waals surface area contributed by atoms with Crippen molar-refractivity contribution in [1.29, 1.82) is 0 Å². The van der Waals surface area contributed by atoms with Gasteiger partial charge in [-0.1, -0.05) is 135 Å². The first-order valence-electron chi connectivity index (χ1n) is 17.5. The average Bonchev–Trinajstić information content (AvgIpc) is 3.68. The molecule has 2 aliphatic carbocycles. The van der Waals surface area contributed by atoms with Crippen LogP contribution in [0.2, 0.25) is 0 Å². The quantitative estimate of drug-likeness (QED) is 0.190. The molecule has 1 spiro atoms. The van der Waals surface area contributed by atoms with Crippen molar-refractivity contribution in [2.75, 3.05) is 0 Å². The van der Waals surface area contributed by atoms with Crippen LogP contribution < -0.4 is 0 Å². The number of rotatable bonds is 4. The van der Waals surface area contributed by atoms with Gasteiger partial charge in [0.25, 0.3) is 0 Å². The largest absolute Gasteiger partial charge is 0.228 e. The Morgan fingerprint density at radius 1 is 0.449 bits per heavy atom. The van der Waals surface area contributed by atoms with Gasteiger partial charge in [0.05, 0.1) is 11.4 Å². The first kappa shape index (κ1) is 28.6. The molecule has 0 radical (unpaired) electrons. The third kappa shape index (κ3) is 4.60. The van der Waals surface area contributed by atoms with Crippen LogP contribution in [0, 0.1) is 0 Å². The van der Waals surface area contributed by atoms with E-state index < -0.39 is 0 Å². The fourth-order valence-corrected chi connectivity index (χ4v) is 9.79. The van der Waals surface area contributed by atoms with Crippen LogP contribution >= 0.6 is 11.3 Å². The summed E-state index contributed by atoms with van der Waals surface area (Å²) in [6, 6.07) is 53.0. The zero-order valence-electron chi connectivity index (χ0n) is 27.2. The molecule has 6 aromatic carbocycles. The van der Waals surface area contributed by atoms with Crippen LogP contribution in [0.1, 0.15) is 43.2 Å². The zero-order chi connectivity index (χ0) is 32.4. The van der Waals surface area contributed by atoms with Gasteiger partial charge < -0.3 is 0 Å². The van der Waals surface area contributed by atoms with E-state index in [-0.39, 0.29) is 5.41 Å². The van der Waals surface area contributed by atoms with E-state index in [0.717, 1.165) is 33.9 Å². The lowest BCUT2D eigenvalue weighted by Gasteiger charge is -2.36. The molecule has 2 aromatic heterocycles. The van der Waals surface area contributed by atoms with E-state index in [9.17, 15) is 0 Å². The minimum Gasteiger partial charge on any atom is -0.228 e. The molecule has 2 nitrogen and oxygen atoms in total. The molecule has 10 rings (SSSR count). The summed E-state index contributed by atoms with van der Waals surface area (Å²) in [6.45, 7) is 0. The third-order valence-electron chi connectivity index (χ3n) is 10.9. The Morgan fingerprint density at radius 2 is 1.10 bits per heavy atom. The third-order valence-corrected chi connectivity index (χ3v) is 12.1. The average molecular weight is 647 g/mol. The fraction of sp³-hybridized carbons (Fsp3) is 0.130. The molecule has 0 unspecified atom stereocenters. The van der Waals surface area contributed by atoms with Gasteiger partial charge in [0.1, 0.15) is 0 Å². The van der Waals surface area contributed by atoms with E-state index in [1.165, 1.54) is 80.1 Å². The summed E-state index contributed by atoms with van der Waals surface area (Å²) in [5.41, 5.74) is 13.8. The Morgan fingerprint density at radius 3 is 1.86 bits per heavy atom. The Balaban J connectivity index is 1.11. The molecule has 1 saturated carbocycles. The summed E-state index contributed by atoms with van der Waals surface area (Å²) in [4.78, 5) is 10.2. The number of hydrogen-bond acceptors (Lipinski definition) is 3. The number of fused-ring (bicyclic) bond motifs is 8. The van der Waals surface area contributed by atoms with Gasteiger partial charge in [-0.05, 0) is 76.6 Å². The number of nitrogens with zero attached hydrogens (tertiary/aromatic N) is 2. The Labute approximate surface area is 290 Å². The normalized spacial score (nSPS) is 14.7. The Hall–Kier alpha value is -5.38. The highest BCUT2D eigenvalue weighted by atomic mass is 32.1. The van der Waals surface area contributed by atoms with E-state index in [0.29, 0.717) is 0 Å². The van der Waals surface area contributed by atoms with Crippen LogP contribution in [-0.4, -0.2) is 9.97 Å². The van der Waals surface area contributed by atoms with Gasteiger partial charge in [-0.15, -0.1) is 11.3 Å². The van der Waals surface area contributed by atoms with Gasteiger partial charge in [0, 0.05) is 42.3 Å². The summed E-state index contributed by atoms with van der Waals surface area (Å²) >= 11 is 1.89. The van der Waals surface area contributed by atoms with Crippen molar-refractivity contribution >= 4 is 31.5 Å². The highest BCUT2D eigenvalue weighted by Crippen LogP contribution is 2.56. The van der Waals surface area contributed by atoms with Crippen LogP contribution in [-0.2, 0) is 5.41 Å². The van der Waals surface area contributed by atoms with E-state index in [1.54, 1.807) is 5.56 Å². The van der Waals surface area contributed by atoms with Crippen molar-refractivity contribution in [2.24, 2.45) is 0 Å². The van der Waals surface area contributed by atoms with Gasteiger partial charge in [0.2, 0.25) is 0 Å². The highest BCUT2D eigenvalue weighted by molar-refractivity contribution is 7.26. The van der Waals surface area contributed by atoms with Crippen LogP contribution in [0.25, 0.3) is 76.3 Å². The van der Waals surface area contributed by atoms with Gasteiger partial charge in [-0.3, -0.25) is 0 Å². The van der Waals surface area contributed by atoms with Gasteiger partial charge in [-0.2, -0.15) is 0 Å². The molecule has 3 heteroatoms. The van der Waals surface area contributed by atoms with Crippen LogP contribution in [0.4, 0.5) is 0 Å². The SMILES string of the molecule is c1ccc(-c2cc(-c3ccccc3)nc(-c3ccc4sc5c(-c6ccc7c(c6)C6(CCCCC6)c6ccccc6-7)cccc5c4c3)n2)cc1. The molecule has 0 amide bonds. The maximum Gasteiger partial charge on any atom is 0.160 e. The van der Waals surface area contributed by atoms with Crippen LogP contribution in [0.15, 0.2) is 146 Å².